The van der Waals surface area contributed by atoms with Crippen molar-refractivity contribution >= 4 is 28.6 Å². The molecular formula is C20H17F2N3OS. The van der Waals surface area contributed by atoms with Crippen LogP contribution in [0.3, 0.4) is 0 Å². The lowest BCUT2D eigenvalue weighted by molar-refractivity contribution is 0.0950. The number of carbonyl (C=O) groups is 1. The van der Waals surface area contributed by atoms with Gasteiger partial charge in [-0.1, -0.05) is 18.2 Å². The Hall–Kier alpha value is -3.06. The van der Waals surface area contributed by atoms with E-state index < -0.39 is 17.5 Å². The van der Waals surface area contributed by atoms with Crippen LogP contribution in [0.15, 0.2) is 53.9 Å². The normalized spacial score (nSPS) is 10.6. The molecule has 0 aliphatic rings. The Morgan fingerprint density at radius 3 is 2.67 bits per heavy atom. The van der Waals surface area contributed by atoms with Crippen LogP contribution in [0.1, 0.15) is 26.4 Å². The van der Waals surface area contributed by atoms with Crippen LogP contribution >= 0.6 is 11.3 Å². The fraction of sp³-hybridized carbons (Fsp3) is 0.100. The highest BCUT2D eigenvalue weighted by atomic mass is 32.1. The van der Waals surface area contributed by atoms with Gasteiger partial charge in [-0.3, -0.25) is 10.2 Å². The summed E-state index contributed by atoms with van der Waals surface area (Å²) >= 11 is 1.58. The van der Waals surface area contributed by atoms with Crippen molar-refractivity contribution in [1.29, 1.82) is 5.41 Å². The molecule has 138 valence electrons. The number of nitrogen functional groups attached to an aromatic ring is 1. The molecule has 1 heterocycles. The minimum absolute atomic E-state index is 0.0110. The molecule has 0 bridgehead atoms. The molecule has 0 spiro atoms. The Kier molecular flexibility index (Phi) is 5.61. The van der Waals surface area contributed by atoms with Gasteiger partial charge in [-0.15, -0.1) is 11.3 Å². The molecule has 27 heavy (non-hydrogen) atoms. The highest BCUT2D eigenvalue weighted by Crippen LogP contribution is 2.23. The second kappa shape index (κ2) is 8.09. The van der Waals surface area contributed by atoms with Gasteiger partial charge in [-0.2, -0.15) is 0 Å². The third kappa shape index (κ3) is 4.20. The van der Waals surface area contributed by atoms with Crippen LogP contribution in [0.25, 0.3) is 0 Å². The Bertz CT molecular complexity index is 987. The standard InChI is InChI=1S/C20H17F2N3OS/c21-13-4-1-3-12(11-13)19(24)17-16(23)7-6-15(18(17)22)20(26)25-9-8-14-5-2-10-27-14/h1-7,10-11,24H,8-9,23H2,(H,25,26). The van der Waals surface area contributed by atoms with Crippen LogP contribution in [-0.4, -0.2) is 18.2 Å². The van der Waals surface area contributed by atoms with Crippen LogP contribution < -0.4 is 11.1 Å². The molecule has 0 saturated carbocycles. The molecule has 0 atom stereocenters. The summed E-state index contributed by atoms with van der Waals surface area (Å²) in [4.78, 5) is 13.5. The first-order valence-electron chi connectivity index (χ1n) is 8.21. The van der Waals surface area contributed by atoms with E-state index in [0.29, 0.717) is 13.0 Å². The van der Waals surface area contributed by atoms with Crippen molar-refractivity contribution in [2.75, 3.05) is 12.3 Å². The van der Waals surface area contributed by atoms with Gasteiger partial charge in [0.15, 0.2) is 0 Å². The molecule has 0 radical (unpaired) electrons. The number of thiophene rings is 1. The molecule has 3 aromatic rings. The lowest BCUT2D eigenvalue weighted by atomic mass is 9.97. The second-order valence-electron chi connectivity index (χ2n) is 5.86. The zero-order valence-corrected chi connectivity index (χ0v) is 15.1. The average Bonchev–Trinajstić information content (AvgIpc) is 3.15. The van der Waals surface area contributed by atoms with Crippen LogP contribution in [0, 0.1) is 17.0 Å². The Morgan fingerprint density at radius 1 is 1.15 bits per heavy atom. The summed E-state index contributed by atoms with van der Waals surface area (Å²) in [5.41, 5.74) is 5.32. The molecule has 3 rings (SSSR count). The van der Waals surface area contributed by atoms with E-state index in [-0.39, 0.29) is 28.1 Å². The van der Waals surface area contributed by atoms with Crippen LogP contribution in [0.4, 0.5) is 14.5 Å². The molecule has 4 nitrogen and oxygen atoms in total. The molecule has 0 aliphatic carbocycles. The third-order valence-electron chi connectivity index (χ3n) is 4.02. The van der Waals surface area contributed by atoms with Gasteiger partial charge in [0.1, 0.15) is 11.6 Å². The second-order valence-corrected chi connectivity index (χ2v) is 6.89. The molecular weight excluding hydrogens is 368 g/mol. The number of nitrogens with one attached hydrogen (secondary N) is 2. The summed E-state index contributed by atoms with van der Waals surface area (Å²) in [6, 6.07) is 11.8. The van der Waals surface area contributed by atoms with Crippen molar-refractivity contribution in [3.63, 3.8) is 0 Å². The SMILES string of the molecule is N=C(c1cccc(F)c1)c1c(N)ccc(C(=O)NCCc2cccs2)c1F. The van der Waals surface area contributed by atoms with Gasteiger partial charge in [-0.05, 0) is 42.1 Å². The maximum Gasteiger partial charge on any atom is 0.254 e. The van der Waals surface area contributed by atoms with E-state index >= 15 is 0 Å². The minimum Gasteiger partial charge on any atom is -0.398 e. The van der Waals surface area contributed by atoms with Gasteiger partial charge < -0.3 is 11.1 Å². The molecule has 0 aliphatic heterocycles. The predicted octanol–water partition coefficient (Wildman–Crippen LogP) is 4.00. The quantitative estimate of drug-likeness (QED) is 0.443. The van der Waals surface area contributed by atoms with Crippen molar-refractivity contribution in [2.24, 2.45) is 0 Å². The molecule has 0 saturated heterocycles. The lowest BCUT2D eigenvalue weighted by Gasteiger charge is -2.13. The van der Waals surface area contributed by atoms with Gasteiger partial charge in [0.05, 0.1) is 16.8 Å². The summed E-state index contributed by atoms with van der Waals surface area (Å²) in [5, 5.41) is 12.8. The number of amides is 1. The van der Waals surface area contributed by atoms with Gasteiger partial charge >= 0.3 is 0 Å². The zero-order valence-electron chi connectivity index (χ0n) is 14.3. The van der Waals surface area contributed by atoms with E-state index in [2.05, 4.69) is 5.32 Å². The van der Waals surface area contributed by atoms with E-state index in [1.54, 1.807) is 11.3 Å². The number of carbonyl (C=O) groups excluding carboxylic acids is 1. The van der Waals surface area contributed by atoms with Gasteiger partial charge in [0.2, 0.25) is 0 Å². The number of halogens is 2. The monoisotopic (exact) mass is 385 g/mol. The highest BCUT2D eigenvalue weighted by molar-refractivity contribution is 7.09. The number of benzene rings is 2. The topological polar surface area (TPSA) is 79.0 Å². The Balaban J connectivity index is 1.82. The van der Waals surface area contributed by atoms with Crippen LogP contribution in [0.5, 0.6) is 0 Å². The maximum absolute atomic E-state index is 14.9. The molecule has 0 unspecified atom stereocenters. The van der Waals surface area contributed by atoms with Gasteiger partial charge in [-0.25, -0.2) is 8.78 Å². The summed E-state index contributed by atoms with van der Waals surface area (Å²) in [6.45, 7) is 0.361. The average molecular weight is 385 g/mol. The lowest BCUT2D eigenvalue weighted by Crippen LogP contribution is -2.27. The first-order chi connectivity index (χ1) is 13.0. The first kappa shape index (κ1) is 18.7. The molecule has 1 amide bonds. The van der Waals surface area contributed by atoms with Crippen molar-refractivity contribution in [1.82, 2.24) is 5.32 Å². The third-order valence-corrected chi connectivity index (χ3v) is 4.96. The van der Waals surface area contributed by atoms with Gasteiger partial charge in [0.25, 0.3) is 5.91 Å². The number of anilines is 1. The van der Waals surface area contributed by atoms with Crippen molar-refractivity contribution in [3.05, 3.63) is 87.1 Å². The number of hydrogen-bond acceptors (Lipinski definition) is 4. The maximum atomic E-state index is 14.9. The van der Waals surface area contributed by atoms with Crippen molar-refractivity contribution in [3.8, 4) is 0 Å². The van der Waals surface area contributed by atoms with Crippen LogP contribution in [0.2, 0.25) is 0 Å². The fourth-order valence-electron chi connectivity index (χ4n) is 2.66. The van der Waals surface area contributed by atoms with Crippen LogP contribution in [-0.2, 0) is 6.42 Å². The van der Waals surface area contributed by atoms with E-state index in [9.17, 15) is 13.6 Å². The summed E-state index contributed by atoms with van der Waals surface area (Å²) < 4.78 is 28.4. The summed E-state index contributed by atoms with van der Waals surface area (Å²) in [6.07, 6.45) is 0.645. The first-order valence-corrected chi connectivity index (χ1v) is 9.08. The number of nitrogens with two attached hydrogens (primary N) is 1. The Labute approximate surface area is 159 Å². The number of rotatable bonds is 6. The summed E-state index contributed by atoms with van der Waals surface area (Å²) in [7, 11) is 0. The smallest absolute Gasteiger partial charge is 0.254 e. The molecule has 7 heteroatoms. The van der Waals surface area contributed by atoms with E-state index in [1.807, 2.05) is 17.5 Å². The largest absolute Gasteiger partial charge is 0.398 e. The molecule has 0 fully saturated rings. The Morgan fingerprint density at radius 2 is 1.96 bits per heavy atom. The summed E-state index contributed by atoms with van der Waals surface area (Å²) in [5.74, 6) is -2.02. The minimum atomic E-state index is -0.891. The molecule has 2 aromatic carbocycles. The van der Waals surface area contributed by atoms with Gasteiger partial charge in [0, 0.05) is 22.7 Å². The molecule has 1 aromatic heterocycles. The molecule has 4 N–H and O–H groups in total. The highest BCUT2D eigenvalue weighted by Gasteiger charge is 2.21. The van der Waals surface area contributed by atoms with Crippen molar-refractivity contribution < 1.29 is 13.6 Å². The fourth-order valence-corrected chi connectivity index (χ4v) is 3.37. The van der Waals surface area contributed by atoms with E-state index in [0.717, 1.165) is 10.9 Å². The van der Waals surface area contributed by atoms with E-state index in [4.69, 9.17) is 11.1 Å². The van der Waals surface area contributed by atoms with E-state index in [1.165, 1.54) is 30.3 Å². The van der Waals surface area contributed by atoms with Crippen molar-refractivity contribution in [2.45, 2.75) is 6.42 Å². The number of hydrogen-bond donors (Lipinski definition) is 3. The zero-order chi connectivity index (χ0) is 19.4. The predicted molar refractivity (Wildman–Crippen MR) is 103 cm³/mol.